The second-order valence-corrected chi connectivity index (χ2v) is 5.81. The highest BCUT2D eigenvalue weighted by molar-refractivity contribution is 5.33. The van der Waals surface area contributed by atoms with Crippen LogP contribution in [0.5, 0.6) is 5.75 Å². The second kappa shape index (κ2) is 7.65. The van der Waals surface area contributed by atoms with Gasteiger partial charge in [-0.2, -0.15) is 0 Å². The van der Waals surface area contributed by atoms with Crippen LogP contribution in [0.25, 0.3) is 0 Å². The number of hydrogen-bond donors (Lipinski definition) is 1. The molecular formula is C17H28N2O. The molecule has 1 aromatic carbocycles. The van der Waals surface area contributed by atoms with Crippen LogP contribution < -0.4 is 10.1 Å². The number of methoxy groups -OCH3 is 1. The molecule has 1 aliphatic rings. The first-order chi connectivity index (χ1) is 9.74. The Balaban J connectivity index is 1.87. The summed E-state index contributed by atoms with van der Waals surface area (Å²) in [6.45, 7) is 9.18. The quantitative estimate of drug-likeness (QED) is 0.864. The molecule has 0 spiro atoms. The van der Waals surface area contributed by atoms with Crippen molar-refractivity contribution < 1.29 is 4.74 Å². The fourth-order valence-electron chi connectivity index (χ4n) is 2.90. The van der Waals surface area contributed by atoms with Crippen molar-refractivity contribution in [1.29, 1.82) is 0 Å². The standard InChI is InChI=1S/C17H28N2O/c1-4-14(2)16-13-19(12-10-18-16)11-9-15-7-5-6-8-17(15)20-3/h5-8,14,16,18H,4,9-13H2,1-3H3. The predicted octanol–water partition coefficient (Wildman–Crippen LogP) is 2.56. The molecule has 0 amide bonds. The Morgan fingerprint density at radius 1 is 1.40 bits per heavy atom. The summed E-state index contributed by atoms with van der Waals surface area (Å²) in [6, 6.07) is 9.00. The van der Waals surface area contributed by atoms with Crippen LogP contribution in [-0.4, -0.2) is 44.2 Å². The molecule has 2 unspecified atom stereocenters. The summed E-state index contributed by atoms with van der Waals surface area (Å²) in [7, 11) is 1.75. The van der Waals surface area contributed by atoms with Gasteiger partial charge in [0.15, 0.2) is 0 Å². The van der Waals surface area contributed by atoms with E-state index in [0.717, 1.165) is 37.7 Å². The minimum absolute atomic E-state index is 0.645. The predicted molar refractivity (Wildman–Crippen MR) is 84.4 cm³/mol. The molecule has 0 aromatic heterocycles. The number of nitrogens with zero attached hydrogens (tertiary/aromatic N) is 1. The van der Waals surface area contributed by atoms with Crippen molar-refractivity contribution >= 4 is 0 Å². The zero-order valence-electron chi connectivity index (χ0n) is 13.1. The molecular weight excluding hydrogens is 248 g/mol. The van der Waals surface area contributed by atoms with Crippen LogP contribution in [0.1, 0.15) is 25.8 Å². The van der Waals surface area contributed by atoms with Crippen molar-refractivity contribution in [3.8, 4) is 5.75 Å². The first kappa shape index (κ1) is 15.3. The first-order valence-corrected chi connectivity index (χ1v) is 7.82. The molecule has 2 rings (SSSR count). The Bertz CT molecular complexity index is 408. The monoisotopic (exact) mass is 276 g/mol. The zero-order chi connectivity index (χ0) is 14.4. The topological polar surface area (TPSA) is 24.5 Å². The van der Waals surface area contributed by atoms with E-state index in [1.807, 2.05) is 6.07 Å². The third-order valence-electron chi connectivity index (χ3n) is 4.51. The van der Waals surface area contributed by atoms with Gasteiger partial charge in [0.1, 0.15) is 5.75 Å². The summed E-state index contributed by atoms with van der Waals surface area (Å²) in [5.41, 5.74) is 1.31. The van der Waals surface area contributed by atoms with Gasteiger partial charge in [0.05, 0.1) is 7.11 Å². The van der Waals surface area contributed by atoms with Crippen LogP contribution in [0.3, 0.4) is 0 Å². The highest BCUT2D eigenvalue weighted by atomic mass is 16.5. The molecule has 20 heavy (non-hydrogen) atoms. The highest BCUT2D eigenvalue weighted by Gasteiger charge is 2.22. The summed E-state index contributed by atoms with van der Waals surface area (Å²) >= 11 is 0. The molecule has 1 aromatic rings. The molecule has 3 heteroatoms. The Morgan fingerprint density at radius 2 is 2.20 bits per heavy atom. The van der Waals surface area contributed by atoms with E-state index in [1.54, 1.807) is 7.11 Å². The molecule has 0 aliphatic carbocycles. The van der Waals surface area contributed by atoms with Gasteiger partial charge in [0.2, 0.25) is 0 Å². The molecule has 1 heterocycles. The van der Waals surface area contributed by atoms with Crippen molar-refractivity contribution in [3.63, 3.8) is 0 Å². The lowest BCUT2D eigenvalue weighted by atomic mass is 9.97. The largest absolute Gasteiger partial charge is 0.496 e. The van der Waals surface area contributed by atoms with E-state index in [2.05, 4.69) is 42.3 Å². The molecule has 2 atom stereocenters. The van der Waals surface area contributed by atoms with E-state index in [0.29, 0.717) is 6.04 Å². The maximum absolute atomic E-state index is 5.43. The van der Waals surface area contributed by atoms with Gasteiger partial charge >= 0.3 is 0 Å². The van der Waals surface area contributed by atoms with Crippen LogP contribution in [0.2, 0.25) is 0 Å². The van der Waals surface area contributed by atoms with Gasteiger partial charge in [0.25, 0.3) is 0 Å². The Hall–Kier alpha value is -1.06. The lowest BCUT2D eigenvalue weighted by Crippen LogP contribution is -2.53. The van der Waals surface area contributed by atoms with E-state index in [9.17, 15) is 0 Å². The Labute approximate surface area is 123 Å². The van der Waals surface area contributed by atoms with Crippen LogP contribution in [0, 0.1) is 5.92 Å². The minimum Gasteiger partial charge on any atom is -0.496 e. The molecule has 0 radical (unpaired) electrons. The molecule has 1 saturated heterocycles. The zero-order valence-corrected chi connectivity index (χ0v) is 13.1. The van der Waals surface area contributed by atoms with Crippen LogP contribution in [0.4, 0.5) is 0 Å². The third-order valence-corrected chi connectivity index (χ3v) is 4.51. The summed E-state index contributed by atoms with van der Waals surface area (Å²) in [6.07, 6.45) is 2.31. The number of para-hydroxylation sites is 1. The van der Waals surface area contributed by atoms with Crippen LogP contribution in [-0.2, 0) is 6.42 Å². The van der Waals surface area contributed by atoms with Gasteiger partial charge < -0.3 is 15.0 Å². The van der Waals surface area contributed by atoms with Crippen molar-refractivity contribution in [2.45, 2.75) is 32.7 Å². The summed E-state index contributed by atoms with van der Waals surface area (Å²) < 4.78 is 5.43. The maximum Gasteiger partial charge on any atom is 0.122 e. The summed E-state index contributed by atoms with van der Waals surface area (Å²) in [5, 5.41) is 3.65. The molecule has 0 bridgehead atoms. The summed E-state index contributed by atoms with van der Waals surface area (Å²) in [5.74, 6) is 1.77. The molecule has 1 N–H and O–H groups in total. The number of piperazine rings is 1. The smallest absolute Gasteiger partial charge is 0.122 e. The Kier molecular flexibility index (Phi) is 5.86. The van der Waals surface area contributed by atoms with E-state index in [1.165, 1.54) is 18.5 Å². The van der Waals surface area contributed by atoms with E-state index in [4.69, 9.17) is 4.74 Å². The molecule has 1 aliphatic heterocycles. The lowest BCUT2D eigenvalue weighted by Gasteiger charge is -2.36. The fourth-order valence-corrected chi connectivity index (χ4v) is 2.90. The van der Waals surface area contributed by atoms with Gasteiger partial charge in [-0.15, -0.1) is 0 Å². The van der Waals surface area contributed by atoms with Gasteiger partial charge in [-0.3, -0.25) is 0 Å². The third kappa shape index (κ3) is 3.97. The number of nitrogens with one attached hydrogen (secondary N) is 1. The molecule has 0 saturated carbocycles. The van der Waals surface area contributed by atoms with Crippen LogP contribution >= 0.6 is 0 Å². The SMILES string of the molecule is CCC(C)C1CN(CCc2ccccc2OC)CCN1. The Morgan fingerprint density at radius 3 is 2.95 bits per heavy atom. The average Bonchev–Trinajstić information content (AvgIpc) is 2.52. The van der Waals surface area contributed by atoms with Gasteiger partial charge in [-0.1, -0.05) is 38.5 Å². The molecule has 3 nitrogen and oxygen atoms in total. The maximum atomic E-state index is 5.43. The van der Waals surface area contributed by atoms with E-state index >= 15 is 0 Å². The minimum atomic E-state index is 0.645. The van der Waals surface area contributed by atoms with Crippen LogP contribution in [0.15, 0.2) is 24.3 Å². The van der Waals surface area contributed by atoms with Gasteiger partial charge in [-0.05, 0) is 24.0 Å². The van der Waals surface area contributed by atoms with E-state index < -0.39 is 0 Å². The van der Waals surface area contributed by atoms with Crippen molar-refractivity contribution in [2.24, 2.45) is 5.92 Å². The van der Waals surface area contributed by atoms with Crippen molar-refractivity contribution in [2.75, 3.05) is 33.3 Å². The normalized spacial score (nSPS) is 21.6. The molecule has 112 valence electrons. The molecule has 1 fully saturated rings. The lowest BCUT2D eigenvalue weighted by molar-refractivity contribution is 0.170. The number of benzene rings is 1. The number of rotatable bonds is 6. The second-order valence-electron chi connectivity index (χ2n) is 5.81. The van der Waals surface area contributed by atoms with E-state index in [-0.39, 0.29) is 0 Å². The average molecular weight is 276 g/mol. The van der Waals surface area contributed by atoms with Crippen molar-refractivity contribution in [1.82, 2.24) is 10.2 Å². The first-order valence-electron chi connectivity index (χ1n) is 7.82. The highest BCUT2D eigenvalue weighted by Crippen LogP contribution is 2.19. The van der Waals surface area contributed by atoms with Gasteiger partial charge in [-0.25, -0.2) is 0 Å². The van der Waals surface area contributed by atoms with Gasteiger partial charge in [0, 0.05) is 32.2 Å². The van der Waals surface area contributed by atoms with Crippen molar-refractivity contribution in [3.05, 3.63) is 29.8 Å². The number of ether oxygens (including phenoxy) is 1. The number of hydrogen-bond acceptors (Lipinski definition) is 3. The summed E-state index contributed by atoms with van der Waals surface area (Å²) in [4.78, 5) is 2.58. The fraction of sp³-hybridized carbons (Fsp3) is 0.647.